The molecule has 0 aliphatic carbocycles. The number of anilines is 1. The number of esters is 1. The Kier molecular flexibility index (Phi) is 6.98. The van der Waals surface area contributed by atoms with Gasteiger partial charge in [-0.15, -0.1) is 11.3 Å². The van der Waals surface area contributed by atoms with Crippen LogP contribution in [0.5, 0.6) is 0 Å². The third-order valence-electron chi connectivity index (χ3n) is 4.75. The zero-order valence-corrected chi connectivity index (χ0v) is 17.0. The minimum absolute atomic E-state index is 0.0515. The van der Waals surface area contributed by atoms with Crippen LogP contribution in [0.3, 0.4) is 0 Å². The second kappa shape index (κ2) is 9.65. The van der Waals surface area contributed by atoms with Gasteiger partial charge in [0.25, 0.3) is 5.91 Å². The number of hydrogen-bond acceptors (Lipinski definition) is 6. The first kappa shape index (κ1) is 21.0. The molecule has 0 unspecified atom stereocenters. The van der Waals surface area contributed by atoms with E-state index in [1.54, 1.807) is 29.2 Å². The molecular weight excluding hydrogens is 395 g/mol. The maximum atomic E-state index is 13.9. The van der Waals surface area contributed by atoms with Crippen LogP contribution < -0.4 is 4.90 Å². The molecule has 0 bridgehead atoms. The van der Waals surface area contributed by atoms with Gasteiger partial charge in [-0.25, -0.2) is 4.39 Å². The van der Waals surface area contributed by atoms with Crippen molar-refractivity contribution in [3.8, 4) is 0 Å². The smallest absolute Gasteiger partial charge is 0.306 e. The Morgan fingerprint density at radius 3 is 2.41 bits per heavy atom. The van der Waals surface area contributed by atoms with Crippen molar-refractivity contribution >= 4 is 34.7 Å². The van der Waals surface area contributed by atoms with Gasteiger partial charge >= 0.3 is 5.97 Å². The van der Waals surface area contributed by atoms with E-state index in [9.17, 15) is 18.8 Å². The lowest BCUT2D eigenvalue weighted by atomic mass is 10.2. The van der Waals surface area contributed by atoms with Crippen LogP contribution >= 0.6 is 11.3 Å². The van der Waals surface area contributed by atoms with E-state index in [0.29, 0.717) is 36.7 Å². The van der Waals surface area contributed by atoms with E-state index < -0.39 is 5.97 Å². The molecular formula is C21H23FN2O4S. The average molecular weight is 418 g/mol. The molecule has 3 rings (SSSR count). The lowest BCUT2D eigenvalue weighted by Gasteiger charge is -2.36. The number of nitrogens with zero attached hydrogens (tertiary/aromatic N) is 2. The number of ether oxygens (including phenoxy) is 1. The summed E-state index contributed by atoms with van der Waals surface area (Å²) in [6.07, 6.45) is 0.0123. The summed E-state index contributed by atoms with van der Waals surface area (Å²) >= 11 is 1.39. The number of amides is 1. The van der Waals surface area contributed by atoms with Crippen molar-refractivity contribution in [2.45, 2.75) is 19.8 Å². The van der Waals surface area contributed by atoms with Crippen molar-refractivity contribution in [1.82, 2.24) is 4.90 Å². The molecule has 0 spiro atoms. The average Bonchev–Trinajstić information content (AvgIpc) is 3.17. The fraction of sp³-hybridized carbons (Fsp3) is 0.381. The molecule has 6 nitrogen and oxygen atoms in total. The second-order valence-electron chi connectivity index (χ2n) is 6.81. The van der Waals surface area contributed by atoms with Gasteiger partial charge in [0.1, 0.15) is 5.82 Å². The maximum Gasteiger partial charge on any atom is 0.306 e. The highest BCUT2D eigenvalue weighted by Crippen LogP contribution is 2.20. The molecule has 1 aliphatic rings. The van der Waals surface area contributed by atoms with Crippen molar-refractivity contribution in [2.75, 3.05) is 37.7 Å². The number of hydrogen-bond donors (Lipinski definition) is 0. The normalized spacial score (nSPS) is 14.0. The largest absolute Gasteiger partial charge is 0.456 e. The number of carbonyl (C=O) groups is 3. The SMILES string of the molecule is Cc1ccc(C(=O)CCC(=O)OCC(=O)N2CCN(c3ccccc3F)CC2)s1. The molecule has 1 aliphatic heterocycles. The van der Waals surface area contributed by atoms with E-state index in [1.165, 1.54) is 17.4 Å². The van der Waals surface area contributed by atoms with Gasteiger partial charge in [-0.05, 0) is 31.2 Å². The van der Waals surface area contributed by atoms with Crippen molar-refractivity contribution in [3.63, 3.8) is 0 Å². The summed E-state index contributed by atoms with van der Waals surface area (Å²) in [6, 6.07) is 10.2. The van der Waals surface area contributed by atoms with E-state index >= 15 is 0 Å². The fourth-order valence-corrected chi connectivity index (χ4v) is 3.97. The molecule has 0 radical (unpaired) electrons. The van der Waals surface area contributed by atoms with Crippen molar-refractivity contribution in [3.05, 3.63) is 52.0 Å². The molecule has 154 valence electrons. The number of ketones is 1. The molecule has 1 saturated heterocycles. The molecule has 0 N–H and O–H groups in total. The van der Waals surface area contributed by atoms with Gasteiger partial charge in [0.2, 0.25) is 0 Å². The Hall–Kier alpha value is -2.74. The first-order chi connectivity index (χ1) is 13.9. The summed E-state index contributed by atoms with van der Waals surface area (Å²) in [5.41, 5.74) is 0.525. The number of Topliss-reactive ketones (excluding diaryl/α,β-unsaturated/α-hetero) is 1. The summed E-state index contributed by atoms with van der Waals surface area (Å²) < 4.78 is 18.9. The highest BCUT2D eigenvalue weighted by atomic mass is 32.1. The van der Waals surface area contributed by atoms with Gasteiger partial charge in [0.15, 0.2) is 12.4 Å². The number of para-hydroxylation sites is 1. The highest BCUT2D eigenvalue weighted by Gasteiger charge is 2.23. The predicted molar refractivity (Wildman–Crippen MR) is 109 cm³/mol. The first-order valence-electron chi connectivity index (χ1n) is 9.46. The van der Waals surface area contributed by atoms with Gasteiger partial charge in [-0.3, -0.25) is 14.4 Å². The number of piperazine rings is 1. The van der Waals surface area contributed by atoms with Crippen LogP contribution in [0, 0.1) is 12.7 Å². The lowest BCUT2D eigenvalue weighted by Crippen LogP contribution is -2.50. The van der Waals surface area contributed by atoms with Crippen molar-refractivity contribution < 1.29 is 23.5 Å². The molecule has 1 amide bonds. The van der Waals surface area contributed by atoms with Gasteiger partial charge in [-0.2, -0.15) is 0 Å². The summed E-state index contributed by atoms with van der Waals surface area (Å²) in [7, 11) is 0. The molecule has 1 aromatic heterocycles. The molecule has 0 atom stereocenters. The van der Waals surface area contributed by atoms with Crippen LogP contribution in [-0.2, 0) is 14.3 Å². The van der Waals surface area contributed by atoms with E-state index in [0.717, 1.165) is 4.88 Å². The minimum Gasteiger partial charge on any atom is -0.456 e. The second-order valence-corrected chi connectivity index (χ2v) is 8.10. The van der Waals surface area contributed by atoms with Gasteiger partial charge in [0, 0.05) is 37.5 Å². The van der Waals surface area contributed by atoms with Gasteiger partial charge in [-0.1, -0.05) is 12.1 Å². The summed E-state index contributed by atoms with van der Waals surface area (Å²) in [4.78, 5) is 41.3. The molecule has 2 aromatic rings. The molecule has 0 saturated carbocycles. The van der Waals surface area contributed by atoms with Crippen LogP contribution in [0.15, 0.2) is 36.4 Å². The molecule has 8 heteroatoms. The number of carbonyl (C=O) groups excluding carboxylic acids is 3. The molecule has 2 heterocycles. The summed E-state index contributed by atoms with van der Waals surface area (Å²) in [5.74, 6) is -1.24. The van der Waals surface area contributed by atoms with Gasteiger partial charge in [0.05, 0.1) is 17.0 Å². The third kappa shape index (κ3) is 5.63. The Balaban J connectivity index is 1.38. The zero-order chi connectivity index (χ0) is 20.8. The van der Waals surface area contributed by atoms with Crippen LogP contribution in [0.2, 0.25) is 0 Å². The summed E-state index contributed by atoms with van der Waals surface area (Å²) in [5, 5.41) is 0. The Morgan fingerprint density at radius 2 is 1.76 bits per heavy atom. The first-order valence-corrected chi connectivity index (χ1v) is 10.3. The van der Waals surface area contributed by atoms with E-state index in [4.69, 9.17) is 4.74 Å². The van der Waals surface area contributed by atoms with Crippen LogP contribution in [0.4, 0.5) is 10.1 Å². The number of rotatable bonds is 7. The van der Waals surface area contributed by atoms with Crippen LogP contribution in [0.1, 0.15) is 27.4 Å². The quantitative estimate of drug-likeness (QED) is 0.511. The molecule has 29 heavy (non-hydrogen) atoms. The molecule has 1 aromatic carbocycles. The Bertz CT molecular complexity index is 890. The number of aryl methyl sites for hydroxylation is 1. The molecule has 1 fully saturated rings. The van der Waals surface area contributed by atoms with E-state index in [2.05, 4.69) is 0 Å². The van der Waals surface area contributed by atoms with Crippen molar-refractivity contribution in [1.29, 1.82) is 0 Å². The van der Waals surface area contributed by atoms with Crippen molar-refractivity contribution in [2.24, 2.45) is 0 Å². The number of thiophene rings is 1. The monoisotopic (exact) mass is 418 g/mol. The Morgan fingerprint density at radius 1 is 1.03 bits per heavy atom. The predicted octanol–water partition coefficient (Wildman–Crippen LogP) is 3.05. The third-order valence-corrected chi connectivity index (χ3v) is 5.80. The lowest BCUT2D eigenvalue weighted by molar-refractivity contribution is -0.152. The minimum atomic E-state index is -0.565. The standard InChI is InChI=1S/C21H23FN2O4S/c1-15-6-8-19(29-15)18(25)7-9-21(27)28-14-20(26)24-12-10-23(11-13-24)17-5-3-2-4-16(17)22/h2-6,8H,7,9-14H2,1H3. The zero-order valence-electron chi connectivity index (χ0n) is 16.2. The summed E-state index contributed by atoms with van der Waals surface area (Å²) in [6.45, 7) is 3.45. The number of halogens is 1. The number of benzene rings is 1. The fourth-order valence-electron chi connectivity index (χ4n) is 3.13. The topological polar surface area (TPSA) is 66.9 Å². The van der Waals surface area contributed by atoms with Crippen LogP contribution in [0.25, 0.3) is 0 Å². The van der Waals surface area contributed by atoms with Gasteiger partial charge < -0.3 is 14.5 Å². The van der Waals surface area contributed by atoms with E-state index in [-0.39, 0.29) is 37.0 Å². The highest BCUT2D eigenvalue weighted by molar-refractivity contribution is 7.14. The Labute approximate surface area is 172 Å². The van der Waals surface area contributed by atoms with Crippen LogP contribution in [-0.4, -0.2) is 55.3 Å². The van der Waals surface area contributed by atoms with E-state index in [1.807, 2.05) is 17.9 Å². The maximum absolute atomic E-state index is 13.9.